The molecule has 1 atom stereocenters. The topological polar surface area (TPSA) is 23.6 Å². The molecule has 0 aromatic carbocycles. The molecular formula is C7H14N2O. The summed E-state index contributed by atoms with van der Waals surface area (Å²) in [5.74, 6) is 0. The number of hydrogen-bond donors (Lipinski definition) is 0. The average Bonchev–Trinajstić information content (AvgIpc) is 1.93. The van der Waals surface area contributed by atoms with E-state index in [2.05, 4.69) is 6.92 Å². The van der Waals surface area contributed by atoms with Crippen LogP contribution < -0.4 is 0 Å². The van der Waals surface area contributed by atoms with Gasteiger partial charge in [-0.1, -0.05) is 0 Å². The van der Waals surface area contributed by atoms with E-state index in [1.807, 2.05) is 14.1 Å². The molecule has 0 N–H and O–H groups in total. The summed E-state index contributed by atoms with van der Waals surface area (Å²) < 4.78 is 0. The lowest BCUT2D eigenvalue weighted by molar-refractivity contribution is 0.130. The van der Waals surface area contributed by atoms with Crippen LogP contribution in [-0.2, 0) is 0 Å². The summed E-state index contributed by atoms with van der Waals surface area (Å²) in [6.45, 7) is 2.97. The first-order valence-electron chi connectivity index (χ1n) is 3.61. The number of urea groups is 1. The highest BCUT2D eigenvalue weighted by atomic mass is 16.2. The van der Waals surface area contributed by atoms with E-state index in [1.165, 1.54) is 0 Å². The third kappa shape index (κ3) is 1.08. The fourth-order valence-corrected chi connectivity index (χ4v) is 1.13. The van der Waals surface area contributed by atoms with Crippen LogP contribution in [0.25, 0.3) is 0 Å². The van der Waals surface area contributed by atoms with Gasteiger partial charge < -0.3 is 9.80 Å². The largest absolute Gasteiger partial charge is 0.328 e. The van der Waals surface area contributed by atoms with Crippen LogP contribution in [0.15, 0.2) is 0 Å². The second-order valence-electron chi connectivity index (χ2n) is 2.95. The van der Waals surface area contributed by atoms with Gasteiger partial charge >= 0.3 is 6.03 Å². The fourth-order valence-electron chi connectivity index (χ4n) is 1.13. The van der Waals surface area contributed by atoms with Gasteiger partial charge in [0.25, 0.3) is 0 Å². The first-order chi connectivity index (χ1) is 4.63. The van der Waals surface area contributed by atoms with Crippen molar-refractivity contribution in [3.05, 3.63) is 0 Å². The molecule has 0 saturated carbocycles. The Balaban J connectivity index is 2.60. The van der Waals surface area contributed by atoms with Crippen LogP contribution in [0, 0.1) is 0 Å². The Morgan fingerprint density at radius 2 is 2.10 bits per heavy atom. The molecule has 0 aliphatic carbocycles. The Morgan fingerprint density at radius 1 is 1.50 bits per heavy atom. The van der Waals surface area contributed by atoms with Gasteiger partial charge in [-0.15, -0.1) is 0 Å². The minimum Gasteiger partial charge on any atom is -0.328 e. The van der Waals surface area contributed by atoms with E-state index in [-0.39, 0.29) is 6.03 Å². The van der Waals surface area contributed by atoms with Crippen LogP contribution in [0.1, 0.15) is 13.3 Å². The van der Waals surface area contributed by atoms with Gasteiger partial charge in [0.05, 0.1) is 0 Å². The minimum absolute atomic E-state index is 0.138. The molecule has 0 spiro atoms. The van der Waals surface area contributed by atoms with Gasteiger partial charge in [-0.3, -0.25) is 0 Å². The highest BCUT2D eigenvalue weighted by Crippen LogP contribution is 2.11. The molecular weight excluding hydrogens is 128 g/mol. The molecule has 58 valence electrons. The number of rotatable bonds is 0. The SMILES string of the molecule is C[C@H]1CCN(C)C(=O)N1C. The van der Waals surface area contributed by atoms with Crippen molar-refractivity contribution in [2.24, 2.45) is 0 Å². The van der Waals surface area contributed by atoms with Gasteiger partial charge in [-0.25, -0.2) is 4.79 Å². The van der Waals surface area contributed by atoms with Crippen molar-refractivity contribution in [3.8, 4) is 0 Å². The quantitative estimate of drug-likeness (QED) is 0.490. The molecule has 0 bridgehead atoms. The summed E-state index contributed by atoms with van der Waals surface area (Å²) in [4.78, 5) is 14.7. The Kier molecular flexibility index (Phi) is 1.83. The molecule has 0 aromatic heterocycles. The zero-order valence-corrected chi connectivity index (χ0v) is 6.79. The van der Waals surface area contributed by atoms with Gasteiger partial charge in [0, 0.05) is 26.7 Å². The van der Waals surface area contributed by atoms with Crippen molar-refractivity contribution in [2.45, 2.75) is 19.4 Å². The Hall–Kier alpha value is -0.730. The van der Waals surface area contributed by atoms with Crippen LogP contribution in [0.5, 0.6) is 0 Å². The van der Waals surface area contributed by atoms with E-state index in [4.69, 9.17) is 0 Å². The van der Waals surface area contributed by atoms with E-state index in [1.54, 1.807) is 9.80 Å². The van der Waals surface area contributed by atoms with Crippen molar-refractivity contribution in [1.82, 2.24) is 9.80 Å². The lowest BCUT2D eigenvalue weighted by Crippen LogP contribution is -2.49. The molecule has 2 amide bonds. The molecule has 0 aromatic rings. The molecule has 1 fully saturated rings. The van der Waals surface area contributed by atoms with Crippen molar-refractivity contribution in [2.75, 3.05) is 20.6 Å². The highest BCUT2D eigenvalue weighted by Gasteiger charge is 2.24. The van der Waals surface area contributed by atoms with E-state index in [0.29, 0.717) is 6.04 Å². The molecule has 3 nitrogen and oxygen atoms in total. The monoisotopic (exact) mass is 142 g/mol. The first kappa shape index (κ1) is 7.38. The number of nitrogens with zero attached hydrogens (tertiary/aromatic N) is 2. The van der Waals surface area contributed by atoms with Crippen LogP contribution in [0.2, 0.25) is 0 Å². The second kappa shape index (κ2) is 2.48. The van der Waals surface area contributed by atoms with Crippen LogP contribution >= 0.6 is 0 Å². The summed E-state index contributed by atoms with van der Waals surface area (Å²) in [7, 11) is 3.69. The smallest absolute Gasteiger partial charge is 0.319 e. The average molecular weight is 142 g/mol. The molecule has 3 heteroatoms. The highest BCUT2D eigenvalue weighted by molar-refractivity contribution is 5.74. The van der Waals surface area contributed by atoms with Crippen LogP contribution in [-0.4, -0.2) is 42.5 Å². The maximum Gasteiger partial charge on any atom is 0.319 e. The Morgan fingerprint density at radius 3 is 2.60 bits per heavy atom. The van der Waals surface area contributed by atoms with E-state index in [0.717, 1.165) is 13.0 Å². The van der Waals surface area contributed by atoms with E-state index < -0.39 is 0 Å². The number of carbonyl (C=O) groups excluding carboxylic acids is 1. The minimum atomic E-state index is 0.138. The van der Waals surface area contributed by atoms with Crippen LogP contribution in [0.3, 0.4) is 0 Å². The first-order valence-corrected chi connectivity index (χ1v) is 3.61. The number of carbonyl (C=O) groups is 1. The van der Waals surface area contributed by atoms with E-state index in [9.17, 15) is 4.79 Å². The molecule has 10 heavy (non-hydrogen) atoms. The molecule has 1 aliphatic heterocycles. The van der Waals surface area contributed by atoms with Gasteiger partial charge in [-0.2, -0.15) is 0 Å². The summed E-state index contributed by atoms with van der Waals surface area (Å²) >= 11 is 0. The third-order valence-corrected chi connectivity index (χ3v) is 2.17. The summed E-state index contributed by atoms with van der Waals surface area (Å²) in [5, 5.41) is 0. The lowest BCUT2D eigenvalue weighted by atomic mass is 10.2. The molecule has 1 aliphatic rings. The second-order valence-corrected chi connectivity index (χ2v) is 2.95. The molecule has 0 unspecified atom stereocenters. The number of hydrogen-bond acceptors (Lipinski definition) is 1. The molecule has 0 radical (unpaired) electrons. The van der Waals surface area contributed by atoms with Crippen molar-refractivity contribution in [1.29, 1.82) is 0 Å². The van der Waals surface area contributed by atoms with Crippen molar-refractivity contribution < 1.29 is 4.79 Å². The molecule has 1 saturated heterocycles. The van der Waals surface area contributed by atoms with Gasteiger partial charge in [0.2, 0.25) is 0 Å². The van der Waals surface area contributed by atoms with Crippen molar-refractivity contribution in [3.63, 3.8) is 0 Å². The molecule has 1 rings (SSSR count). The normalized spacial score (nSPS) is 27.5. The number of amides is 2. The summed E-state index contributed by atoms with van der Waals surface area (Å²) in [5.41, 5.74) is 0. The van der Waals surface area contributed by atoms with E-state index >= 15 is 0 Å². The predicted octanol–water partition coefficient (Wildman–Crippen LogP) is 0.762. The predicted molar refractivity (Wildman–Crippen MR) is 39.9 cm³/mol. The fraction of sp³-hybridized carbons (Fsp3) is 0.857. The maximum absolute atomic E-state index is 11.2. The standard InChI is InChI=1S/C7H14N2O/c1-6-4-5-8(2)7(10)9(6)3/h6H,4-5H2,1-3H3/t6-/m0/s1. The van der Waals surface area contributed by atoms with Gasteiger partial charge in [-0.05, 0) is 13.3 Å². The molecule has 1 heterocycles. The zero-order chi connectivity index (χ0) is 7.72. The zero-order valence-electron chi connectivity index (χ0n) is 6.79. The third-order valence-electron chi connectivity index (χ3n) is 2.17. The van der Waals surface area contributed by atoms with Gasteiger partial charge in [0.1, 0.15) is 0 Å². The summed E-state index contributed by atoms with van der Waals surface area (Å²) in [6, 6.07) is 0.544. The van der Waals surface area contributed by atoms with Gasteiger partial charge in [0.15, 0.2) is 0 Å². The maximum atomic E-state index is 11.2. The van der Waals surface area contributed by atoms with Crippen LogP contribution in [0.4, 0.5) is 4.79 Å². The van der Waals surface area contributed by atoms with Crippen molar-refractivity contribution >= 4 is 6.03 Å². The lowest BCUT2D eigenvalue weighted by Gasteiger charge is -2.35. The Labute approximate surface area is 61.6 Å². The summed E-state index contributed by atoms with van der Waals surface area (Å²) in [6.07, 6.45) is 1.08. The Bertz CT molecular complexity index is 147.